The zero-order valence-electron chi connectivity index (χ0n) is 11.3. The first kappa shape index (κ1) is 15.0. The van der Waals surface area contributed by atoms with Gasteiger partial charge in [-0.2, -0.15) is 0 Å². The van der Waals surface area contributed by atoms with Crippen LogP contribution in [0.5, 0.6) is 0 Å². The number of hydrogen-bond acceptors (Lipinski definition) is 5. The minimum Gasteiger partial charge on any atom is -0.478 e. The van der Waals surface area contributed by atoms with Crippen molar-refractivity contribution in [3.05, 3.63) is 55.8 Å². The van der Waals surface area contributed by atoms with Crippen LogP contribution in [0, 0.1) is 0 Å². The maximum Gasteiger partial charge on any atom is 0.338 e. The highest BCUT2D eigenvalue weighted by molar-refractivity contribution is 9.10. The Morgan fingerprint density at radius 2 is 1.91 bits per heavy atom. The average Bonchev–Trinajstić information content (AvgIpc) is 2.73. The van der Waals surface area contributed by atoms with Crippen LogP contribution in [-0.2, 0) is 0 Å². The second-order valence-electron chi connectivity index (χ2n) is 4.71. The van der Waals surface area contributed by atoms with Crippen molar-refractivity contribution in [1.82, 2.24) is 9.88 Å². The van der Waals surface area contributed by atoms with E-state index in [0.29, 0.717) is 0 Å². The van der Waals surface area contributed by atoms with Gasteiger partial charge >= 0.3 is 5.97 Å². The third kappa shape index (κ3) is 2.13. The Labute approximate surface area is 136 Å². The van der Waals surface area contributed by atoms with Crippen LogP contribution in [0.4, 0.5) is 5.82 Å². The number of pyridine rings is 1. The molecule has 9 heteroatoms. The van der Waals surface area contributed by atoms with Gasteiger partial charge in [-0.15, -0.1) is 0 Å². The van der Waals surface area contributed by atoms with Gasteiger partial charge in [0.25, 0.3) is 17.4 Å². The molecule has 0 spiro atoms. The van der Waals surface area contributed by atoms with Crippen molar-refractivity contribution in [2.75, 3.05) is 5.73 Å². The fourth-order valence-corrected chi connectivity index (χ4v) is 2.96. The molecule has 2 heterocycles. The van der Waals surface area contributed by atoms with Crippen LogP contribution in [0.1, 0.15) is 31.1 Å². The number of carbonyl (C=O) groups is 3. The average molecular weight is 378 g/mol. The number of nitrogens with two attached hydrogens (primary N) is 1. The summed E-state index contributed by atoms with van der Waals surface area (Å²) in [7, 11) is 0. The van der Waals surface area contributed by atoms with E-state index in [4.69, 9.17) is 5.73 Å². The van der Waals surface area contributed by atoms with E-state index in [-0.39, 0.29) is 32.7 Å². The normalized spacial score (nSPS) is 12.9. The molecule has 0 saturated carbocycles. The number of anilines is 1. The number of imide groups is 1. The van der Waals surface area contributed by atoms with Gasteiger partial charge in [-0.1, -0.05) is 6.07 Å². The molecule has 2 aromatic rings. The number of amides is 2. The van der Waals surface area contributed by atoms with E-state index in [1.54, 1.807) is 0 Å². The number of aromatic nitrogens is 1. The van der Waals surface area contributed by atoms with Crippen molar-refractivity contribution in [2.24, 2.45) is 0 Å². The van der Waals surface area contributed by atoms with E-state index in [9.17, 15) is 24.3 Å². The number of nitrogens with one attached hydrogen (secondary N) is 1. The molecule has 1 aromatic carbocycles. The number of hydrogen-bond donors (Lipinski definition) is 3. The van der Waals surface area contributed by atoms with Crippen LogP contribution < -0.4 is 16.6 Å². The number of carboxylic acids is 1. The van der Waals surface area contributed by atoms with E-state index >= 15 is 0 Å². The van der Waals surface area contributed by atoms with Crippen molar-refractivity contribution >= 4 is 39.5 Å². The first-order valence-electron chi connectivity index (χ1n) is 6.26. The maximum absolute atomic E-state index is 12.3. The van der Waals surface area contributed by atoms with E-state index < -0.39 is 23.3 Å². The monoisotopic (exact) mass is 377 g/mol. The quantitative estimate of drug-likeness (QED) is 0.662. The Morgan fingerprint density at radius 1 is 1.22 bits per heavy atom. The van der Waals surface area contributed by atoms with Gasteiger partial charge in [0.2, 0.25) is 0 Å². The Balaban J connectivity index is 2.41. The lowest BCUT2D eigenvalue weighted by atomic mass is 10.1. The molecule has 3 rings (SSSR count). The van der Waals surface area contributed by atoms with Crippen molar-refractivity contribution in [1.29, 1.82) is 0 Å². The summed E-state index contributed by atoms with van der Waals surface area (Å²) < 4.78 is 1.14. The Kier molecular flexibility index (Phi) is 3.29. The van der Waals surface area contributed by atoms with Gasteiger partial charge in [-0.25, -0.2) is 4.79 Å². The number of rotatable bonds is 2. The number of nitrogen functional groups attached to an aromatic ring is 1. The molecule has 0 atom stereocenters. The third-order valence-electron chi connectivity index (χ3n) is 3.40. The lowest BCUT2D eigenvalue weighted by Crippen LogP contribution is -2.25. The second-order valence-corrected chi connectivity index (χ2v) is 5.57. The minimum absolute atomic E-state index is 0.00989. The number of carbonyl (C=O) groups excluding carboxylic acids is 2. The van der Waals surface area contributed by atoms with Gasteiger partial charge < -0.3 is 10.8 Å². The summed E-state index contributed by atoms with van der Waals surface area (Å²) in [5.74, 6) is -3.02. The van der Waals surface area contributed by atoms with Crippen molar-refractivity contribution < 1.29 is 19.5 Å². The van der Waals surface area contributed by atoms with Gasteiger partial charge in [-0.05, 0) is 28.1 Å². The molecular weight excluding hydrogens is 370 g/mol. The number of carboxylic acid groups (broad SMARTS) is 1. The molecule has 0 aliphatic carbocycles. The molecule has 116 valence electrons. The molecule has 23 heavy (non-hydrogen) atoms. The topological polar surface area (TPSA) is 131 Å². The van der Waals surface area contributed by atoms with Gasteiger partial charge in [0.15, 0.2) is 0 Å². The van der Waals surface area contributed by atoms with E-state index in [1.807, 2.05) is 5.32 Å². The molecule has 0 radical (unpaired) electrons. The predicted molar refractivity (Wildman–Crippen MR) is 82.9 cm³/mol. The number of nitrogens with zero attached hydrogens (tertiary/aromatic N) is 1. The number of halogens is 1. The summed E-state index contributed by atoms with van der Waals surface area (Å²) in [6.07, 6.45) is 0. The van der Waals surface area contributed by atoms with Gasteiger partial charge in [0, 0.05) is 10.5 Å². The molecule has 1 aliphatic rings. The van der Waals surface area contributed by atoms with Crippen LogP contribution in [0.2, 0.25) is 0 Å². The Bertz CT molecular complexity index is 964. The van der Waals surface area contributed by atoms with E-state index in [0.717, 1.165) is 10.6 Å². The maximum atomic E-state index is 12.3. The van der Waals surface area contributed by atoms with E-state index in [2.05, 4.69) is 15.9 Å². The first-order chi connectivity index (χ1) is 10.8. The standard InChI is InChI=1S/C14H8BrN3O5/c15-6-2-1-3-7(10(6)14(22)23)18-8(19)4-5-9(11(18)16)13(21)17-12(5)20/h1-4H,16H2,(H,22,23)(H,17,20,21). The second kappa shape index (κ2) is 5.06. The molecule has 2 amide bonds. The molecule has 0 fully saturated rings. The van der Waals surface area contributed by atoms with Crippen LogP contribution >= 0.6 is 15.9 Å². The lowest BCUT2D eigenvalue weighted by Gasteiger charge is -2.14. The fraction of sp³-hybridized carbons (Fsp3) is 0. The minimum atomic E-state index is -1.28. The summed E-state index contributed by atoms with van der Waals surface area (Å²) in [6, 6.07) is 5.36. The number of benzene rings is 1. The fourth-order valence-electron chi connectivity index (χ4n) is 2.44. The van der Waals surface area contributed by atoms with Gasteiger partial charge in [0.05, 0.1) is 22.4 Å². The van der Waals surface area contributed by atoms with Crippen molar-refractivity contribution in [2.45, 2.75) is 0 Å². The van der Waals surface area contributed by atoms with Crippen molar-refractivity contribution in [3.63, 3.8) is 0 Å². The summed E-state index contributed by atoms with van der Waals surface area (Å²) in [6.45, 7) is 0. The van der Waals surface area contributed by atoms with E-state index in [1.165, 1.54) is 18.2 Å². The first-order valence-corrected chi connectivity index (χ1v) is 7.05. The van der Waals surface area contributed by atoms with Crippen LogP contribution in [0.25, 0.3) is 5.69 Å². The Hall–Kier alpha value is -2.94. The number of aromatic carboxylic acids is 1. The lowest BCUT2D eigenvalue weighted by molar-refractivity contribution is 0.0695. The molecule has 0 unspecified atom stereocenters. The molecule has 0 bridgehead atoms. The van der Waals surface area contributed by atoms with Crippen LogP contribution in [0.3, 0.4) is 0 Å². The molecular formula is C14H8BrN3O5. The van der Waals surface area contributed by atoms with Crippen LogP contribution in [-0.4, -0.2) is 27.5 Å². The molecule has 1 aromatic heterocycles. The van der Waals surface area contributed by atoms with Crippen LogP contribution in [0.15, 0.2) is 33.5 Å². The summed E-state index contributed by atoms with van der Waals surface area (Å²) in [5.41, 5.74) is 4.69. The molecule has 4 N–H and O–H groups in total. The largest absolute Gasteiger partial charge is 0.478 e. The zero-order chi connectivity index (χ0) is 16.9. The highest BCUT2D eigenvalue weighted by Gasteiger charge is 2.32. The summed E-state index contributed by atoms with van der Waals surface area (Å²) in [5, 5.41) is 11.4. The number of fused-ring (bicyclic) bond motifs is 1. The zero-order valence-corrected chi connectivity index (χ0v) is 12.9. The Morgan fingerprint density at radius 3 is 2.57 bits per heavy atom. The van der Waals surface area contributed by atoms with Crippen molar-refractivity contribution in [3.8, 4) is 5.69 Å². The smallest absolute Gasteiger partial charge is 0.338 e. The molecule has 8 nitrogen and oxygen atoms in total. The van der Waals surface area contributed by atoms with Gasteiger partial charge in [0.1, 0.15) is 5.82 Å². The summed E-state index contributed by atoms with van der Waals surface area (Å²) >= 11 is 3.11. The summed E-state index contributed by atoms with van der Waals surface area (Å²) in [4.78, 5) is 47.2. The molecule has 0 saturated heterocycles. The SMILES string of the molecule is Nc1c2c(cc(=O)n1-c1cccc(Br)c1C(=O)O)C(=O)NC2=O. The molecule has 1 aliphatic heterocycles. The predicted octanol–water partition coefficient (Wildman–Crippen LogP) is 0.764. The third-order valence-corrected chi connectivity index (χ3v) is 4.06. The highest BCUT2D eigenvalue weighted by atomic mass is 79.9. The van der Waals surface area contributed by atoms with Gasteiger partial charge in [-0.3, -0.25) is 24.3 Å². The highest BCUT2D eigenvalue weighted by Crippen LogP contribution is 2.27.